The number of aryl methyl sites for hydroxylation is 2. The summed E-state index contributed by atoms with van der Waals surface area (Å²) < 4.78 is 8.81. The number of halogens is 1. The van der Waals surface area contributed by atoms with Gasteiger partial charge in [-0.15, -0.1) is 0 Å². The van der Waals surface area contributed by atoms with Crippen LogP contribution in [0.4, 0.5) is 10.7 Å². The molecule has 1 saturated heterocycles. The van der Waals surface area contributed by atoms with E-state index in [0.29, 0.717) is 23.1 Å². The van der Waals surface area contributed by atoms with E-state index in [9.17, 15) is 14.7 Å². The molecule has 0 spiro atoms. The molecule has 236 valence electrons. The molecule has 3 aromatic rings. The van der Waals surface area contributed by atoms with Gasteiger partial charge in [-0.2, -0.15) is 0 Å². The first-order valence-electron chi connectivity index (χ1n) is 14.8. The summed E-state index contributed by atoms with van der Waals surface area (Å²) in [5.41, 5.74) is 3.72. The van der Waals surface area contributed by atoms with Gasteiger partial charge in [0.15, 0.2) is 0 Å². The smallest absolute Gasteiger partial charge is 0.410 e. The van der Waals surface area contributed by atoms with E-state index in [1.54, 1.807) is 34.1 Å². The maximum atomic E-state index is 13.7. The van der Waals surface area contributed by atoms with Crippen molar-refractivity contribution in [3.8, 4) is 11.3 Å². The Labute approximate surface area is 269 Å². The molecule has 2 heterocycles. The molecule has 0 bridgehead atoms. The fourth-order valence-electron chi connectivity index (χ4n) is 5.33. The van der Waals surface area contributed by atoms with Crippen LogP contribution in [0, 0.1) is 19.8 Å². The summed E-state index contributed by atoms with van der Waals surface area (Å²) >= 11 is 7.63. The number of rotatable bonds is 7. The lowest BCUT2D eigenvalue weighted by atomic mass is 9.98. The molecule has 1 aliphatic heterocycles. The van der Waals surface area contributed by atoms with E-state index >= 15 is 0 Å². The highest BCUT2D eigenvalue weighted by atomic mass is 35.5. The number of amides is 2. The third-order valence-electron chi connectivity index (χ3n) is 7.26. The van der Waals surface area contributed by atoms with Crippen LogP contribution in [0.2, 0.25) is 5.15 Å². The number of benzene rings is 2. The quantitative estimate of drug-likeness (QED) is 0.210. The summed E-state index contributed by atoms with van der Waals surface area (Å²) in [7, 11) is 0. The fraction of sp³-hybridized carbons (Fsp3) is 0.455. The van der Waals surface area contributed by atoms with Crippen LogP contribution in [0.1, 0.15) is 62.5 Å². The van der Waals surface area contributed by atoms with E-state index in [4.69, 9.17) is 16.3 Å². The van der Waals surface area contributed by atoms with Crippen molar-refractivity contribution < 1.29 is 19.4 Å². The number of carbonyl (C=O) groups is 2. The van der Waals surface area contributed by atoms with Crippen molar-refractivity contribution in [1.82, 2.24) is 19.8 Å². The number of hydrogen-bond acceptors (Lipinski definition) is 8. The van der Waals surface area contributed by atoms with Gasteiger partial charge in [0.1, 0.15) is 10.8 Å². The minimum Gasteiger partial charge on any atom is -0.444 e. The predicted molar refractivity (Wildman–Crippen MR) is 176 cm³/mol. The van der Waals surface area contributed by atoms with Crippen LogP contribution in [0.25, 0.3) is 11.3 Å². The Morgan fingerprint density at radius 1 is 1.09 bits per heavy atom. The maximum absolute atomic E-state index is 13.7. The molecule has 0 unspecified atom stereocenters. The standard InChI is InChI=1S/C33H42ClN5O4S/c1-20(2)16-26-27(40)19-38(14-15-39(26)32(42)43-33(5,6)7)30(41)23-12-9-13-24(17-23)44-37-31-35-25(18-28(34)36-31)29-21(3)10-8-11-22(29)4/h8-13,17-18,20,26-27,40H,14-16,19H2,1-7H3,(H,35,36,37)/t26-,27-/m1/s1. The SMILES string of the molecule is Cc1cccc(C)c1-c1cc(Cl)nc(NSc2cccc(C(=O)N3CCN(C(=O)OC(C)(C)C)[C@H](CC(C)C)[C@H](O)C3)c2)n1. The Bertz CT molecular complexity index is 1470. The summed E-state index contributed by atoms with van der Waals surface area (Å²) in [5, 5.41) is 11.5. The number of ether oxygens (including phenoxy) is 1. The van der Waals surface area contributed by atoms with Crippen molar-refractivity contribution in [1.29, 1.82) is 0 Å². The molecular weight excluding hydrogens is 598 g/mol. The lowest BCUT2D eigenvalue weighted by Crippen LogP contribution is -2.49. The molecule has 0 aliphatic carbocycles. The first kappa shape index (κ1) is 33.6. The largest absolute Gasteiger partial charge is 0.444 e. The lowest BCUT2D eigenvalue weighted by Gasteiger charge is -2.34. The number of β-amino-alcohol motifs (C(OH)–C–C–N with tert-alkyl or cyclic N) is 1. The van der Waals surface area contributed by atoms with Gasteiger partial charge in [0.05, 0.1) is 17.8 Å². The van der Waals surface area contributed by atoms with Crippen molar-refractivity contribution in [3.63, 3.8) is 0 Å². The van der Waals surface area contributed by atoms with Crippen molar-refractivity contribution in [2.75, 3.05) is 24.4 Å². The molecule has 1 fully saturated rings. The molecule has 0 radical (unpaired) electrons. The second-order valence-electron chi connectivity index (χ2n) is 12.6. The normalized spacial score (nSPS) is 17.4. The molecule has 11 heteroatoms. The third kappa shape index (κ3) is 8.64. The first-order valence-corrected chi connectivity index (χ1v) is 16.0. The van der Waals surface area contributed by atoms with E-state index in [-0.39, 0.29) is 31.5 Å². The number of nitrogens with zero attached hydrogens (tertiary/aromatic N) is 4. The summed E-state index contributed by atoms with van der Waals surface area (Å²) in [4.78, 5) is 39.8. The van der Waals surface area contributed by atoms with Crippen LogP contribution in [0.15, 0.2) is 53.4 Å². The van der Waals surface area contributed by atoms with Crippen molar-refractivity contribution in [2.24, 2.45) is 5.92 Å². The van der Waals surface area contributed by atoms with Crippen LogP contribution >= 0.6 is 23.5 Å². The third-order valence-corrected chi connectivity index (χ3v) is 8.23. The van der Waals surface area contributed by atoms with Gasteiger partial charge >= 0.3 is 6.09 Å². The zero-order valence-electron chi connectivity index (χ0n) is 26.4. The molecule has 2 atom stereocenters. The molecule has 0 saturated carbocycles. The molecule has 44 heavy (non-hydrogen) atoms. The van der Waals surface area contributed by atoms with Gasteiger partial charge in [-0.1, -0.05) is 49.7 Å². The average Bonchev–Trinajstić information content (AvgIpc) is 3.09. The van der Waals surface area contributed by atoms with Crippen LogP contribution < -0.4 is 4.72 Å². The van der Waals surface area contributed by atoms with E-state index in [1.807, 2.05) is 72.7 Å². The van der Waals surface area contributed by atoms with Gasteiger partial charge in [0.2, 0.25) is 5.95 Å². The Balaban J connectivity index is 1.49. The zero-order valence-corrected chi connectivity index (χ0v) is 28.0. The Kier molecular flexibility index (Phi) is 10.8. The number of aliphatic hydroxyl groups excluding tert-OH is 1. The highest BCUT2D eigenvalue weighted by Crippen LogP contribution is 2.30. The van der Waals surface area contributed by atoms with Gasteiger partial charge in [0.25, 0.3) is 5.91 Å². The molecule has 9 nitrogen and oxygen atoms in total. The number of hydrogen-bond donors (Lipinski definition) is 2. The monoisotopic (exact) mass is 639 g/mol. The predicted octanol–water partition coefficient (Wildman–Crippen LogP) is 7.00. The maximum Gasteiger partial charge on any atom is 0.410 e. The minimum absolute atomic E-state index is 0.114. The Morgan fingerprint density at radius 2 is 1.77 bits per heavy atom. The van der Waals surface area contributed by atoms with Gasteiger partial charge < -0.3 is 19.6 Å². The van der Waals surface area contributed by atoms with Crippen LogP contribution in [0.5, 0.6) is 0 Å². The topological polar surface area (TPSA) is 108 Å². The molecule has 4 rings (SSSR count). The average molecular weight is 640 g/mol. The second-order valence-corrected chi connectivity index (χ2v) is 13.9. The van der Waals surface area contributed by atoms with Crippen molar-refractivity contribution >= 4 is 41.5 Å². The lowest BCUT2D eigenvalue weighted by molar-refractivity contribution is -0.00407. The number of aromatic nitrogens is 2. The van der Waals surface area contributed by atoms with E-state index < -0.39 is 23.8 Å². The molecule has 2 aromatic carbocycles. The van der Waals surface area contributed by atoms with Crippen LogP contribution in [0.3, 0.4) is 0 Å². The Morgan fingerprint density at radius 3 is 2.43 bits per heavy atom. The number of anilines is 1. The summed E-state index contributed by atoms with van der Waals surface area (Å²) in [6, 6.07) is 14.6. The summed E-state index contributed by atoms with van der Waals surface area (Å²) in [6.07, 6.45) is -0.802. The molecule has 2 amide bonds. The van der Waals surface area contributed by atoms with E-state index in [2.05, 4.69) is 14.7 Å². The van der Waals surface area contributed by atoms with Gasteiger partial charge in [0, 0.05) is 41.7 Å². The van der Waals surface area contributed by atoms with Crippen molar-refractivity contribution in [3.05, 3.63) is 70.4 Å². The first-order chi connectivity index (χ1) is 20.7. The van der Waals surface area contributed by atoms with E-state index in [1.165, 1.54) is 11.9 Å². The number of carbonyl (C=O) groups excluding carboxylic acids is 2. The van der Waals surface area contributed by atoms with E-state index in [0.717, 1.165) is 27.3 Å². The molecular formula is C33H42ClN5O4S. The summed E-state index contributed by atoms with van der Waals surface area (Å²) in [6.45, 7) is 14.3. The highest BCUT2D eigenvalue weighted by Gasteiger charge is 2.38. The van der Waals surface area contributed by atoms with Gasteiger partial charge in [-0.3, -0.25) is 9.52 Å². The van der Waals surface area contributed by atoms with Gasteiger partial charge in [-0.25, -0.2) is 14.8 Å². The van der Waals surface area contributed by atoms with Gasteiger partial charge in [-0.05, 0) is 88.2 Å². The number of aliphatic hydroxyl groups is 1. The van der Waals surface area contributed by atoms with Crippen LogP contribution in [-0.4, -0.2) is 74.3 Å². The molecule has 1 aromatic heterocycles. The minimum atomic E-state index is -0.915. The number of nitrogens with one attached hydrogen (secondary N) is 1. The highest BCUT2D eigenvalue weighted by molar-refractivity contribution is 8.00. The van der Waals surface area contributed by atoms with Crippen molar-refractivity contribution in [2.45, 2.75) is 77.5 Å². The summed E-state index contributed by atoms with van der Waals surface area (Å²) in [5.74, 6) is 0.367. The second kappa shape index (κ2) is 14.2. The molecule has 2 N–H and O–H groups in total. The fourth-order valence-corrected chi connectivity index (χ4v) is 6.15. The zero-order chi connectivity index (χ0) is 32.2. The Hall–Kier alpha value is -3.34. The van der Waals surface area contributed by atoms with Crippen LogP contribution in [-0.2, 0) is 4.74 Å². The molecule has 1 aliphatic rings.